The van der Waals surface area contributed by atoms with E-state index in [-0.39, 0.29) is 35.9 Å². The van der Waals surface area contributed by atoms with Crippen LogP contribution in [0.1, 0.15) is 31.9 Å². The van der Waals surface area contributed by atoms with E-state index in [1.807, 2.05) is 33.0 Å². The van der Waals surface area contributed by atoms with Crippen LogP contribution in [0.2, 0.25) is 0 Å². The second-order valence-corrected chi connectivity index (χ2v) is 10.6. The Kier molecular flexibility index (Phi) is 8.28. The van der Waals surface area contributed by atoms with Gasteiger partial charge in [-0.2, -0.15) is 4.31 Å². The highest BCUT2D eigenvalue weighted by molar-refractivity contribution is 7.89. The van der Waals surface area contributed by atoms with Gasteiger partial charge in [0.1, 0.15) is 22.6 Å². The van der Waals surface area contributed by atoms with Crippen molar-refractivity contribution in [2.75, 3.05) is 26.7 Å². The summed E-state index contributed by atoms with van der Waals surface area (Å²) in [7, 11) is -1.89. The molecule has 180 valence electrons. The van der Waals surface area contributed by atoms with Gasteiger partial charge < -0.3 is 9.84 Å². The highest BCUT2D eigenvalue weighted by atomic mass is 32.2. The van der Waals surface area contributed by atoms with Crippen molar-refractivity contribution in [3.05, 3.63) is 65.5 Å². The van der Waals surface area contributed by atoms with Gasteiger partial charge >= 0.3 is 0 Å². The van der Waals surface area contributed by atoms with Crippen molar-refractivity contribution in [2.24, 2.45) is 5.92 Å². The van der Waals surface area contributed by atoms with E-state index in [1.165, 1.54) is 16.4 Å². The van der Waals surface area contributed by atoms with E-state index >= 15 is 0 Å². The molecule has 0 aromatic heterocycles. The van der Waals surface area contributed by atoms with E-state index in [1.54, 1.807) is 37.3 Å². The zero-order valence-corrected chi connectivity index (χ0v) is 20.4. The van der Waals surface area contributed by atoms with Crippen LogP contribution in [0.4, 0.5) is 4.39 Å². The molecule has 2 aromatic carbocycles. The second-order valence-electron chi connectivity index (χ2n) is 8.77. The summed E-state index contributed by atoms with van der Waals surface area (Å²) < 4.78 is 47.9. The van der Waals surface area contributed by atoms with E-state index in [0.29, 0.717) is 18.8 Å². The van der Waals surface area contributed by atoms with Gasteiger partial charge in [-0.05, 0) is 56.3 Å². The number of nitrogens with zero attached hydrogens (tertiary/aromatic N) is 2. The quantitative estimate of drug-likeness (QED) is 0.659. The van der Waals surface area contributed by atoms with Gasteiger partial charge in [0.25, 0.3) is 0 Å². The number of hydrogen-bond donors (Lipinski definition) is 1. The molecule has 0 radical (unpaired) electrons. The Labute approximate surface area is 196 Å². The highest BCUT2D eigenvalue weighted by Crippen LogP contribution is 2.34. The van der Waals surface area contributed by atoms with Crippen molar-refractivity contribution in [1.29, 1.82) is 0 Å². The average molecular weight is 477 g/mol. The second kappa shape index (κ2) is 10.8. The van der Waals surface area contributed by atoms with Crippen LogP contribution in [0, 0.1) is 11.7 Å². The maximum atomic E-state index is 13.5. The SMILES string of the molecule is C/C=C/c1ccc2c(c1)O[C@H](CN(C)Cc1ccc(F)cc1)[C@@H](C)CN([C@H](C)CO)S2(=O)=O. The first-order valence-corrected chi connectivity index (χ1v) is 12.6. The zero-order valence-electron chi connectivity index (χ0n) is 19.6. The highest BCUT2D eigenvalue weighted by Gasteiger charge is 2.38. The molecule has 1 aliphatic rings. The maximum absolute atomic E-state index is 13.5. The number of allylic oxidation sites excluding steroid dienone is 1. The van der Waals surface area contributed by atoms with Gasteiger partial charge in [-0.1, -0.05) is 37.3 Å². The number of rotatable bonds is 7. The summed E-state index contributed by atoms with van der Waals surface area (Å²) in [5.74, 6) is -0.0957. The van der Waals surface area contributed by atoms with Crippen molar-refractivity contribution in [3.8, 4) is 5.75 Å². The minimum atomic E-state index is -3.85. The Morgan fingerprint density at radius 2 is 1.97 bits per heavy atom. The van der Waals surface area contributed by atoms with Crippen LogP contribution in [0.25, 0.3) is 6.08 Å². The zero-order chi connectivity index (χ0) is 24.2. The van der Waals surface area contributed by atoms with Crippen LogP contribution < -0.4 is 4.74 Å². The molecular weight excluding hydrogens is 443 g/mol. The third kappa shape index (κ3) is 6.00. The fraction of sp³-hybridized carbons (Fsp3) is 0.440. The molecule has 1 N–H and O–H groups in total. The van der Waals surface area contributed by atoms with Crippen molar-refractivity contribution < 1.29 is 22.7 Å². The van der Waals surface area contributed by atoms with Gasteiger partial charge in [-0.15, -0.1) is 0 Å². The van der Waals surface area contributed by atoms with E-state index in [4.69, 9.17) is 4.74 Å². The average Bonchev–Trinajstić information content (AvgIpc) is 2.77. The number of hydrogen-bond acceptors (Lipinski definition) is 5. The van der Waals surface area contributed by atoms with Crippen molar-refractivity contribution in [3.63, 3.8) is 0 Å². The summed E-state index contributed by atoms with van der Waals surface area (Å²) in [6.45, 7) is 6.68. The van der Waals surface area contributed by atoms with Crippen molar-refractivity contribution in [1.82, 2.24) is 9.21 Å². The van der Waals surface area contributed by atoms with Gasteiger partial charge in [0.2, 0.25) is 10.0 Å². The van der Waals surface area contributed by atoms with E-state index in [2.05, 4.69) is 4.90 Å². The molecule has 0 amide bonds. The summed E-state index contributed by atoms with van der Waals surface area (Å²) in [6.07, 6.45) is 3.48. The Balaban J connectivity index is 1.95. The molecule has 0 aliphatic carbocycles. The predicted octanol–water partition coefficient (Wildman–Crippen LogP) is 3.76. The lowest BCUT2D eigenvalue weighted by Gasteiger charge is -2.37. The Hall–Kier alpha value is -2.26. The number of aliphatic hydroxyl groups is 1. The van der Waals surface area contributed by atoms with Gasteiger partial charge in [-0.3, -0.25) is 4.90 Å². The number of sulfonamides is 1. The van der Waals surface area contributed by atoms with E-state index in [0.717, 1.165) is 11.1 Å². The van der Waals surface area contributed by atoms with Crippen LogP contribution in [0.15, 0.2) is 53.4 Å². The molecule has 1 aliphatic heterocycles. The Morgan fingerprint density at radius 1 is 1.27 bits per heavy atom. The minimum absolute atomic E-state index is 0.106. The third-order valence-corrected chi connectivity index (χ3v) is 7.93. The van der Waals surface area contributed by atoms with Gasteiger partial charge in [-0.25, -0.2) is 12.8 Å². The lowest BCUT2D eigenvalue weighted by Crippen LogP contribution is -2.49. The predicted molar refractivity (Wildman–Crippen MR) is 128 cm³/mol. The van der Waals surface area contributed by atoms with Crippen LogP contribution in [0.3, 0.4) is 0 Å². The molecule has 3 rings (SSSR count). The molecule has 1 heterocycles. The topological polar surface area (TPSA) is 70.1 Å². The van der Waals surface area contributed by atoms with Crippen LogP contribution in [0.5, 0.6) is 5.75 Å². The molecule has 6 nitrogen and oxygen atoms in total. The van der Waals surface area contributed by atoms with Crippen LogP contribution in [-0.2, 0) is 16.6 Å². The molecule has 0 fully saturated rings. The molecule has 0 bridgehead atoms. The number of fused-ring (bicyclic) bond motifs is 1. The number of likely N-dealkylation sites (N-methyl/N-ethyl adjacent to an activating group) is 1. The normalized spacial score (nSPS) is 21.9. The summed E-state index contributed by atoms with van der Waals surface area (Å²) in [5, 5.41) is 9.74. The van der Waals surface area contributed by atoms with Gasteiger partial charge in [0.05, 0.1) is 6.61 Å². The molecule has 2 aromatic rings. The van der Waals surface area contributed by atoms with Crippen LogP contribution in [-0.4, -0.2) is 61.6 Å². The number of benzene rings is 2. The summed E-state index contributed by atoms with van der Waals surface area (Å²) >= 11 is 0. The molecule has 33 heavy (non-hydrogen) atoms. The first-order chi connectivity index (χ1) is 15.6. The molecule has 0 saturated heterocycles. The summed E-state index contributed by atoms with van der Waals surface area (Å²) in [6, 6.07) is 10.9. The van der Waals surface area contributed by atoms with Gasteiger partial charge in [0.15, 0.2) is 0 Å². The molecular formula is C25H33FN2O4S. The molecule has 3 atom stereocenters. The smallest absolute Gasteiger partial charge is 0.247 e. The molecule has 8 heteroatoms. The standard InChI is InChI=1S/C25H33FN2O4S/c1-5-6-20-9-12-25-23(13-20)32-24(16-27(4)15-21-7-10-22(26)11-8-21)18(2)14-28(19(3)17-29)33(25,30)31/h5-13,18-19,24,29H,14-17H2,1-4H3/b6-5+/t18-,19+,24+/m0/s1. The third-order valence-electron chi connectivity index (χ3n) is 5.91. The Bertz CT molecular complexity index is 1070. The first-order valence-electron chi connectivity index (χ1n) is 11.1. The fourth-order valence-electron chi connectivity index (χ4n) is 4.03. The minimum Gasteiger partial charge on any atom is -0.487 e. The number of aliphatic hydroxyl groups excluding tert-OH is 1. The monoisotopic (exact) mass is 476 g/mol. The number of ether oxygens (including phenoxy) is 1. The van der Waals surface area contributed by atoms with Crippen LogP contribution >= 0.6 is 0 Å². The summed E-state index contributed by atoms with van der Waals surface area (Å²) in [5.41, 5.74) is 1.83. The van der Waals surface area contributed by atoms with Crippen molar-refractivity contribution in [2.45, 2.75) is 44.4 Å². The first kappa shape index (κ1) is 25.4. The van der Waals surface area contributed by atoms with Gasteiger partial charge in [0, 0.05) is 31.6 Å². The van der Waals surface area contributed by atoms with E-state index in [9.17, 15) is 17.9 Å². The molecule has 0 saturated carbocycles. The Morgan fingerprint density at radius 3 is 2.61 bits per heavy atom. The fourth-order valence-corrected chi connectivity index (χ4v) is 5.86. The van der Waals surface area contributed by atoms with Crippen molar-refractivity contribution >= 4 is 16.1 Å². The molecule has 0 unspecified atom stereocenters. The maximum Gasteiger partial charge on any atom is 0.247 e. The lowest BCUT2D eigenvalue weighted by molar-refractivity contribution is 0.0733. The lowest BCUT2D eigenvalue weighted by atomic mass is 10.0. The summed E-state index contributed by atoms with van der Waals surface area (Å²) in [4.78, 5) is 2.19. The molecule has 0 spiro atoms. The number of halogens is 1. The van der Waals surface area contributed by atoms with E-state index < -0.39 is 16.1 Å². The largest absolute Gasteiger partial charge is 0.487 e.